The molecular weight excluding hydrogens is 216 g/mol. The van der Waals surface area contributed by atoms with Gasteiger partial charge in [0.1, 0.15) is 0 Å². The number of likely N-dealkylation sites (tertiary alicyclic amines) is 1. The van der Waals surface area contributed by atoms with Gasteiger partial charge >= 0.3 is 0 Å². The average Bonchev–Trinajstić information content (AvgIpc) is 2.88. The van der Waals surface area contributed by atoms with E-state index < -0.39 is 5.60 Å². The van der Waals surface area contributed by atoms with Crippen molar-refractivity contribution >= 4 is 5.91 Å². The molecule has 1 saturated heterocycles. The van der Waals surface area contributed by atoms with Crippen molar-refractivity contribution in [3.05, 3.63) is 0 Å². The second-order valence-corrected chi connectivity index (χ2v) is 5.07. The summed E-state index contributed by atoms with van der Waals surface area (Å²) < 4.78 is 0. The number of carbonyl (C=O) groups is 1. The van der Waals surface area contributed by atoms with Gasteiger partial charge in [0.2, 0.25) is 5.91 Å². The topological polar surface area (TPSA) is 52.6 Å². The number of amides is 1. The molecule has 1 aliphatic heterocycles. The van der Waals surface area contributed by atoms with E-state index in [1.807, 2.05) is 25.7 Å². The molecule has 1 rings (SSSR count). The summed E-state index contributed by atoms with van der Waals surface area (Å²) >= 11 is 0. The molecule has 4 nitrogen and oxygen atoms in total. The number of hydrogen-bond donors (Lipinski definition) is 2. The van der Waals surface area contributed by atoms with Crippen LogP contribution in [0, 0.1) is 0 Å². The van der Waals surface area contributed by atoms with Crippen LogP contribution in [0.25, 0.3) is 0 Å². The monoisotopic (exact) mass is 242 g/mol. The number of aliphatic hydroxyl groups is 1. The van der Waals surface area contributed by atoms with Crippen LogP contribution in [0.5, 0.6) is 0 Å². The van der Waals surface area contributed by atoms with Crippen molar-refractivity contribution in [3.8, 4) is 0 Å². The lowest BCUT2D eigenvalue weighted by molar-refractivity contribution is -0.132. The molecule has 4 heteroatoms. The van der Waals surface area contributed by atoms with Gasteiger partial charge in [-0.05, 0) is 32.6 Å². The summed E-state index contributed by atoms with van der Waals surface area (Å²) in [4.78, 5) is 13.9. The van der Waals surface area contributed by atoms with Gasteiger partial charge in [-0.15, -0.1) is 0 Å². The number of carbonyl (C=O) groups excluding carboxylic acids is 1. The summed E-state index contributed by atoms with van der Waals surface area (Å²) in [5.74, 6) is 0.164. The van der Waals surface area contributed by atoms with Gasteiger partial charge in [-0.25, -0.2) is 0 Å². The van der Waals surface area contributed by atoms with Crippen LogP contribution in [0.1, 0.15) is 46.5 Å². The zero-order valence-electron chi connectivity index (χ0n) is 11.3. The van der Waals surface area contributed by atoms with Crippen LogP contribution in [-0.2, 0) is 4.79 Å². The maximum atomic E-state index is 12.0. The highest BCUT2D eigenvalue weighted by Gasteiger charge is 2.27. The van der Waals surface area contributed by atoms with Gasteiger partial charge in [0, 0.05) is 19.6 Å². The first-order valence-electron chi connectivity index (χ1n) is 6.77. The molecular formula is C13H26N2O2. The van der Waals surface area contributed by atoms with E-state index in [0.717, 1.165) is 25.9 Å². The highest BCUT2D eigenvalue weighted by atomic mass is 16.3. The van der Waals surface area contributed by atoms with Gasteiger partial charge < -0.3 is 15.3 Å². The van der Waals surface area contributed by atoms with Crippen LogP contribution in [0.2, 0.25) is 0 Å². The third kappa shape index (κ3) is 3.96. The highest BCUT2D eigenvalue weighted by molar-refractivity contribution is 5.81. The summed E-state index contributed by atoms with van der Waals surface area (Å²) in [6.45, 7) is 8.08. The Bertz CT molecular complexity index is 246. The van der Waals surface area contributed by atoms with Crippen LogP contribution < -0.4 is 5.32 Å². The van der Waals surface area contributed by atoms with Crippen molar-refractivity contribution in [2.75, 3.05) is 19.6 Å². The highest BCUT2D eigenvalue weighted by Crippen LogP contribution is 2.14. The van der Waals surface area contributed by atoms with Crippen molar-refractivity contribution in [1.82, 2.24) is 10.2 Å². The van der Waals surface area contributed by atoms with Crippen molar-refractivity contribution in [2.45, 2.75) is 58.1 Å². The van der Waals surface area contributed by atoms with Gasteiger partial charge in [-0.2, -0.15) is 0 Å². The average molecular weight is 242 g/mol. The number of hydrogen-bond acceptors (Lipinski definition) is 3. The van der Waals surface area contributed by atoms with E-state index in [0.29, 0.717) is 19.4 Å². The van der Waals surface area contributed by atoms with Crippen molar-refractivity contribution in [3.63, 3.8) is 0 Å². The summed E-state index contributed by atoms with van der Waals surface area (Å²) in [6, 6.07) is -0.197. The van der Waals surface area contributed by atoms with Crippen LogP contribution in [0.4, 0.5) is 0 Å². The Kier molecular flexibility index (Phi) is 5.40. The molecule has 1 amide bonds. The second-order valence-electron chi connectivity index (χ2n) is 5.07. The van der Waals surface area contributed by atoms with Crippen molar-refractivity contribution in [1.29, 1.82) is 0 Å². The third-order valence-electron chi connectivity index (χ3n) is 3.84. The first kappa shape index (κ1) is 14.5. The normalized spacial score (nSPS) is 18.5. The quantitative estimate of drug-likeness (QED) is 0.734. The van der Waals surface area contributed by atoms with E-state index in [9.17, 15) is 9.90 Å². The largest absolute Gasteiger partial charge is 0.389 e. The minimum absolute atomic E-state index is 0.164. The van der Waals surface area contributed by atoms with E-state index in [4.69, 9.17) is 0 Å². The number of nitrogens with one attached hydrogen (secondary N) is 1. The third-order valence-corrected chi connectivity index (χ3v) is 3.84. The first-order chi connectivity index (χ1) is 8.02. The summed E-state index contributed by atoms with van der Waals surface area (Å²) in [6.07, 6.45) is 3.65. The summed E-state index contributed by atoms with van der Waals surface area (Å²) in [5, 5.41) is 13.3. The Morgan fingerprint density at radius 3 is 2.35 bits per heavy atom. The molecule has 0 aliphatic carbocycles. The molecule has 1 aliphatic rings. The molecule has 0 aromatic carbocycles. The predicted molar refractivity (Wildman–Crippen MR) is 68.8 cm³/mol. The van der Waals surface area contributed by atoms with Crippen LogP contribution in [0.3, 0.4) is 0 Å². The lowest BCUT2D eigenvalue weighted by atomic mass is 9.97. The Morgan fingerprint density at radius 1 is 1.35 bits per heavy atom. The molecule has 0 spiro atoms. The predicted octanol–water partition coefficient (Wildman–Crippen LogP) is 1.14. The summed E-state index contributed by atoms with van der Waals surface area (Å²) in [7, 11) is 0. The van der Waals surface area contributed by atoms with Gasteiger partial charge in [0.25, 0.3) is 0 Å². The Balaban J connectivity index is 2.38. The SMILES string of the molecule is CCC(O)(CC)CNC(C)C(=O)N1CCCC1. The maximum Gasteiger partial charge on any atom is 0.239 e. The minimum Gasteiger partial charge on any atom is -0.389 e. The first-order valence-corrected chi connectivity index (χ1v) is 6.77. The molecule has 1 heterocycles. The van der Waals surface area contributed by atoms with Crippen LogP contribution in [-0.4, -0.2) is 47.2 Å². The molecule has 0 aromatic heterocycles. The molecule has 0 radical (unpaired) electrons. The number of nitrogens with zero attached hydrogens (tertiary/aromatic N) is 1. The molecule has 0 aromatic rings. The molecule has 17 heavy (non-hydrogen) atoms. The van der Waals surface area contributed by atoms with E-state index in [1.165, 1.54) is 0 Å². The molecule has 0 saturated carbocycles. The van der Waals surface area contributed by atoms with Gasteiger partial charge in [-0.3, -0.25) is 4.79 Å². The maximum absolute atomic E-state index is 12.0. The number of rotatable bonds is 6. The Morgan fingerprint density at radius 2 is 1.88 bits per heavy atom. The fourth-order valence-electron chi connectivity index (χ4n) is 2.14. The Labute approximate surface area is 104 Å². The van der Waals surface area contributed by atoms with Crippen molar-refractivity contribution in [2.24, 2.45) is 0 Å². The van der Waals surface area contributed by atoms with E-state index in [2.05, 4.69) is 5.32 Å². The summed E-state index contributed by atoms with van der Waals surface area (Å²) in [5.41, 5.74) is -0.681. The van der Waals surface area contributed by atoms with Crippen molar-refractivity contribution < 1.29 is 9.90 Å². The fraction of sp³-hybridized carbons (Fsp3) is 0.923. The lowest BCUT2D eigenvalue weighted by Gasteiger charge is -2.28. The molecule has 1 unspecified atom stereocenters. The lowest BCUT2D eigenvalue weighted by Crippen LogP contribution is -2.49. The molecule has 0 bridgehead atoms. The smallest absolute Gasteiger partial charge is 0.239 e. The molecule has 1 atom stereocenters. The Hall–Kier alpha value is -0.610. The zero-order valence-corrected chi connectivity index (χ0v) is 11.3. The van der Waals surface area contributed by atoms with E-state index in [1.54, 1.807) is 0 Å². The molecule has 2 N–H and O–H groups in total. The minimum atomic E-state index is -0.681. The zero-order chi connectivity index (χ0) is 12.9. The van der Waals surface area contributed by atoms with Crippen LogP contribution in [0.15, 0.2) is 0 Å². The van der Waals surface area contributed by atoms with Gasteiger partial charge in [-0.1, -0.05) is 13.8 Å². The van der Waals surface area contributed by atoms with E-state index >= 15 is 0 Å². The van der Waals surface area contributed by atoms with Gasteiger partial charge in [0.05, 0.1) is 11.6 Å². The molecule has 100 valence electrons. The fourth-order valence-corrected chi connectivity index (χ4v) is 2.14. The second kappa shape index (κ2) is 6.36. The standard InChI is InChI=1S/C13H26N2O2/c1-4-13(17,5-2)10-14-11(3)12(16)15-8-6-7-9-15/h11,14,17H,4-10H2,1-3H3. The van der Waals surface area contributed by atoms with Crippen LogP contribution >= 0.6 is 0 Å². The molecule has 1 fully saturated rings. The van der Waals surface area contributed by atoms with Gasteiger partial charge in [0.15, 0.2) is 0 Å². The van der Waals surface area contributed by atoms with E-state index in [-0.39, 0.29) is 11.9 Å².